The van der Waals surface area contributed by atoms with Crippen LogP contribution < -0.4 is 5.32 Å². The predicted molar refractivity (Wildman–Crippen MR) is 70.6 cm³/mol. The largest absolute Gasteiger partial charge is 0.481 e. The summed E-state index contributed by atoms with van der Waals surface area (Å²) < 4.78 is 0. The topological polar surface area (TPSA) is 69.6 Å². The number of nitrogens with zero attached hydrogens (tertiary/aromatic N) is 1. The van der Waals surface area contributed by atoms with Gasteiger partial charge in [0.15, 0.2) is 0 Å². The third-order valence-electron chi connectivity index (χ3n) is 3.44. The molecule has 2 N–H and O–H groups in total. The van der Waals surface area contributed by atoms with Crippen LogP contribution in [0.15, 0.2) is 24.3 Å². The van der Waals surface area contributed by atoms with Crippen LogP contribution >= 0.6 is 0 Å². The van der Waals surface area contributed by atoms with Crippen LogP contribution in [0.2, 0.25) is 0 Å². The van der Waals surface area contributed by atoms with Gasteiger partial charge in [-0.05, 0) is 18.1 Å². The molecule has 1 atom stereocenters. The van der Waals surface area contributed by atoms with Gasteiger partial charge >= 0.3 is 5.97 Å². The average Bonchev–Trinajstić information content (AvgIpc) is 2.36. The molecule has 1 aromatic rings. The maximum Gasteiger partial charge on any atom is 0.305 e. The summed E-state index contributed by atoms with van der Waals surface area (Å²) in [6.45, 7) is 3.88. The second-order valence-corrected chi connectivity index (χ2v) is 4.80. The lowest BCUT2D eigenvalue weighted by Gasteiger charge is -2.34. The smallest absolute Gasteiger partial charge is 0.305 e. The first kappa shape index (κ1) is 13.5. The van der Waals surface area contributed by atoms with E-state index in [0.29, 0.717) is 19.6 Å². The molecule has 5 nitrogen and oxygen atoms in total. The number of amides is 1. The van der Waals surface area contributed by atoms with Crippen molar-refractivity contribution in [1.82, 2.24) is 10.2 Å². The van der Waals surface area contributed by atoms with Crippen LogP contribution in [0, 0.1) is 6.92 Å². The molecule has 1 aromatic carbocycles. The SMILES string of the molecule is Cc1ccccc1CN1CCNC(=O)[C@@H]1CC(=O)O. The second kappa shape index (κ2) is 5.84. The van der Waals surface area contributed by atoms with E-state index >= 15 is 0 Å². The molecule has 0 spiro atoms. The highest BCUT2D eigenvalue weighted by Crippen LogP contribution is 2.16. The highest BCUT2D eigenvalue weighted by Gasteiger charge is 2.31. The molecule has 2 rings (SSSR count). The van der Waals surface area contributed by atoms with Crippen molar-refractivity contribution < 1.29 is 14.7 Å². The van der Waals surface area contributed by atoms with E-state index in [-0.39, 0.29) is 12.3 Å². The summed E-state index contributed by atoms with van der Waals surface area (Å²) in [6.07, 6.45) is -0.155. The van der Waals surface area contributed by atoms with E-state index < -0.39 is 12.0 Å². The van der Waals surface area contributed by atoms with Gasteiger partial charge in [-0.2, -0.15) is 0 Å². The van der Waals surface area contributed by atoms with Crippen LogP contribution in [0.3, 0.4) is 0 Å². The van der Waals surface area contributed by atoms with Crippen LogP contribution in [-0.2, 0) is 16.1 Å². The number of nitrogens with one attached hydrogen (secondary N) is 1. The lowest BCUT2D eigenvalue weighted by atomic mass is 10.0. The molecule has 0 unspecified atom stereocenters. The van der Waals surface area contributed by atoms with Crippen LogP contribution in [0.25, 0.3) is 0 Å². The Hall–Kier alpha value is -1.88. The molecule has 0 bridgehead atoms. The molecule has 0 aromatic heterocycles. The van der Waals surface area contributed by atoms with Crippen LogP contribution in [0.1, 0.15) is 17.5 Å². The van der Waals surface area contributed by atoms with E-state index in [9.17, 15) is 9.59 Å². The van der Waals surface area contributed by atoms with Crippen molar-refractivity contribution in [2.45, 2.75) is 25.9 Å². The Balaban J connectivity index is 2.14. The summed E-state index contributed by atoms with van der Waals surface area (Å²) in [7, 11) is 0. The molecule has 1 saturated heterocycles. The molecule has 1 fully saturated rings. The first-order chi connectivity index (χ1) is 9.08. The molecule has 5 heteroatoms. The van der Waals surface area contributed by atoms with Gasteiger partial charge < -0.3 is 10.4 Å². The molecule has 1 aliphatic rings. The minimum Gasteiger partial charge on any atom is -0.481 e. The van der Waals surface area contributed by atoms with Crippen molar-refractivity contribution in [2.75, 3.05) is 13.1 Å². The van der Waals surface area contributed by atoms with E-state index in [0.717, 1.165) is 11.1 Å². The Morgan fingerprint density at radius 3 is 2.89 bits per heavy atom. The number of rotatable bonds is 4. The first-order valence-electron chi connectivity index (χ1n) is 6.36. The Morgan fingerprint density at radius 2 is 2.21 bits per heavy atom. The summed E-state index contributed by atoms with van der Waals surface area (Å²) in [5.41, 5.74) is 2.29. The molecule has 1 heterocycles. The summed E-state index contributed by atoms with van der Waals surface area (Å²) in [6, 6.07) is 7.38. The Kier molecular flexibility index (Phi) is 4.16. The molecule has 102 valence electrons. The average molecular weight is 262 g/mol. The minimum absolute atomic E-state index is 0.155. The fourth-order valence-electron chi connectivity index (χ4n) is 2.34. The number of hydrogen-bond acceptors (Lipinski definition) is 3. The number of aliphatic carboxylic acids is 1. The molecule has 0 aliphatic carbocycles. The third kappa shape index (κ3) is 3.32. The van der Waals surface area contributed by atoms with Crippen molar-refractivity contribution in [3.8, 4) is 0 Å². The van der Waals surface area contributed by atoms with Gasteiger partial charge in [0, 0.05) is 19.6 Å². The summed E-state index contributed by atoms with van der Waals surface area (Å²) >= 11 is 0. The van der Waals surface area contributed by atoms with Gasteiger partial charge in [-0.1, -0.05) is 24.3 Å². The number of hydrogen-bond donors (Lipinski definition) is 2. The van der Waals surface area contributed by atoms with Crippen molar-refractivity contribution in [3.05, 3.63) is 35.4 Å². The molecule has 0 radical (unpaired) electrons. The number of aryl methyl sites for hydroxylation is 1. The monoisotopic (exact) mass is 262 g/mol. The number of carbonyl (C=O) groups excluding carboxylic acids is 1. The van der Waals surface area contributed by atoms with E-state index in [1.54, 1.807) is 0 Å². The van der Waals surface area contributed by atoms with Crippen LogP contribution in [0.4, 0.5) is 0 Å². The zero-order valence-electron chi connectivity index (χ0n) is 10.9. The zero-order valence-corrected chi connectivity index (χ0v) is 10.9. The number of carbonyl (C=O) groups is 2. The molecule has 19 heavy (non-hydrogen) atoms. The lowest BCUT2D eigenvalue weighted by molar-refractivity contribution is -0.143. The Bertz CT molecular complexity index is 487. The summed E-state index contributed by atoms with van der Waals surface area (Å²) in [4.78, 5) is 24.6. The quantitative estimate of drug-likeness (QED) is 0.841. The van der Waals surface area contributed by atoms with Gasteiger partial charge in [-0.3, -0.25) is 14.5 Å². The van der Waals surface area contributed by atoms with Crippen LogP contribution in [0.5, 0.6) is 0 Å². The van der Waals surface area contributed by atoms with E-state index in [1.165, 1.54) is 0 Å². The van der Waals surface area contributed by atoms with Gasteiger partial charge in [0.1, 0.15) is 6.04 Å². The number of carboxylic acid groups (broad SMARTS) is 1. The molecule has 0 saturated carbocycles. The maximum atomic E-state index is 11.8. The lowest BCUT2D eigenvalue weighted by Crippen LogP contribution is -2.55. The Labute approximate surface area is 112 Å². The van der Waals surface area contributed by atoms with Gasteiger partial charge in [-0.25, -0.2) is 0 Å². The van der Waals surface area contributed by atoms with Crippen molar-refractivity contribution in [2.24, 2.45) is 0 Å². The van der Waals surface area contributed by atoms with Gasteiger partial charge in [0.05, 0.1) is 6.42 Å². The molecular weight excluding hydrogens is 244 g/mol. The standard InChI is InChI=1S/C14H18N2O3/c1-10-4-2-3-5-11(10)9-16-7-6-15-14(19)12(16)8-13(17)18/h2-5,12H,6-9H2,1H3,(H,15,19)(H,17,18)/t12-/m0/s1. The van der Waals surface area contributed by atoms with E-state index in [4.69, 9.17) is 5.11 Å². The first-order valence-corrected chi connectivity index (χ1v) is 6.36. The highest BCUT2D eigenvalue weighted by molar-refractivity contribution is 5.86. The van der Waals surface area contributed by atoms with Gasteiger partial charge in [0.25, 0.3) is 0 Å². The fraction of sp³-hybridized carbons (Fsp3) is 0.429. The van der Waals surface area contributed by atoms with E-state index in [2.05, 4.69) is 5.32 Å². The van der Waals surface area contributed by atoms with Gasteiger partial charge in [0.2, 0.25) is 5.91 Å². The van der Waals surface area contributed by atoms with E-state index in [1.807, 2.05) is 36.1 Å². The number of piperazine rings is 1. The molecule has 1 aliphatic heterocycles. The third-order valence-corrected chi connectivity index (χ3v) is 3.44. The Morgan fingerprint density at radius 1 is 1.47 bits per heavy atom. The molecule has 1 amide bonds. The zero-order chi connectivity index (χ0) is 13.8. The van der Waals surface area contributed by atoms with Gasteiger partial charge in [-0.15, -0.1) is 0 Å². The predicted octanol–water partition coefficient (Wildman–Crippen LogP) is 0.770. The highest BCUT2D eigenvalue weighted by atomic mass is 16.4. The summed E-state index contributed by atoms with van der Waals surface area (Å²) in [5, 5.41) is 11.6. The van der Waals surface area contributed by atoms with Crippen molar-refractivity contribution in [1.29, 1.82) is 0 Å². The fourth-order valence-corrected chi connectivity index (χ4v) is 2.34. The second-order valence-electron chi connectivity index (χ2n) is 4.80. The molecular formula is C14H18N2O3. The maximum absolute atomic E-state index is 11.8. The van der Waals surface area contributed by atoms with Crippen LogP contribution in [-0.4, -0.2) is 41.0 Å². The van der Waals surface area contributed by atoms with Crippen molar-refractivity contribution >= 4 is 11.9 Å². The number of benzene rings is 1. The summed E-state index contributed by atoms with van der Waals surface area (Å²) in [5.74, 6) is -1.14. The van der Waals surface area contributed by atoms with Crippen molar-refractivity contribution in [3.63, 3.8) is 0 Å². The minimum atomic E-state index is -0.947. The normalized spacial score (nSPS) is 20.1. The number of carboxylic acids is 1.